The lowest BCUT2D eigenvalue weighted by Gasteiger charge is -2.20. The van der Waals surface area contributed by atoms with Gasteiger partial charge in [-0.2, -0.15) is 5.10 Å². The Morgan fingerprint density at radius 3 is 2.58 bits per heavy atom. The van der Waals surface area contributed by atoms with E-state index >= 15 is 0 Å². The Kier molecular flexibility index (Phi) is 6.72. The number of carbonyl (C=O) groups is 2. The SMILES string of the molecule is Cc1cc(C(C)Nc2ccc(C)nc2C(=O)NNC(=O)O)c2oc(-c3ccc4nn(C)cc4c3)c(C)c(=O)c2c1. The van der Waals surface area contributed by atoms with Crippen LogP contribution in [0.1, 0.15) is 45.8 Å². The van der Waals surface area contributed by atoms with Gasteiger partial charge < -0.3 is 14.8 Å². The first-order valence-electron chi connectivity index (χ1n) is 12.6. The van der Waals surface area contributed by atoms with Gasteiger partial charge in [0.1, 0.15) is 11.3 Å². The minimum Gasteiger partial charge on any atom is -0.464 e. The van der Waals surface area contributed by atoms with Crippen LogP contribution in [0.15, 0.2) is 57.9 Å². The highest BCUT2D eigenvalue weighted by Crippen LogP contribution is 2.33. The molecule has 0 radical (unpaired) electrons. The normalized spacial score (nSPS) is 11.9. The molecule has 2 amide bonds. The van der Waals surface area contributed by atoms with Crippen LogP contribution in [0.3, 0.4) is 0 Å². The fraction of sp³-hybridized carbons (Fsp3) is 0.207. The number of anilines is 1. The molecule has 40 heavy (non-hydrogen) atoms. The molecule has 3 heterocycles. The second kappa shape index (κ2) is 10.2. The summed E-state index contributed by atoms with van der Waals surface area (Å²) in [5, 5.41) is 17.9. The number of carbonyl (C=O) groups excluding carboxylic acids is 1. The molecule has 0 fully saturated rings. The van der Waals surface area contributed by atoms with Crippen molar-refractivity contribution in [1.82, 2.24) is 25.6 Å². The Bertz CT molecular complexity index is 1870. The number of hydrogen-bond donors (Lipinski definition) is 4. The van der Waals surface area contributed by atoms with Gasteiger partial charge in [-0.25, -0.2) is 15.2 Å². The summed E-state index contributed by atoms with van der Waals surface area (Å²) in [6.45, 7) is 7.26. The van der Waals surface area contributed by atoms with Crippen LogP contribution < -0.4 is 21.6 Å². The average molecular weight is 541 g/mol. The minimum absolute atomic E-state index is 0.0142. The number of hydrogen-bond acceptors (Lipinski definition) is 7. The third-order valence-electron chi connectivity index (χ3n) is 6.64. The molecule has 5 rings (SSSR count). The summed E-state index contributed by atoms with van der Waals surface area (Å²) in [5.74, 6) is -0.248. The highest BCUT2D eigenvalue weighted by atomic mass is 16.4. The number of aryl methyl sites for hydroxylation is 3. The topological polar surface area (TPSA) is 151 Å². The Labute approximate surface area is 228 Å². The first-order chi connectivity index (χ1) is 19.0. The van der Waals surface area contributed by atoms with E-state index in [0.717, 1.165) is 22.0 Å². The molecule has 0 spiro atoms. The third kappa shape index (κ3) is 4.96. The average Bonchev–Trinajstić information content (AvgIpc) is 3.29. The number of fused-ring (bicyclic) bond motifs is 2. The van der Waals surface area contributed by atoms with Crippen LogP contribution in [0.2, 0.25) is 0 Å². The molecule has 11 nitrogen and oxygen atoms in total. The van der Waals surface area contributed by atoms with Gasteiger partial charge in [0.15, 0.2) is 11.1 Å². The third-order valence-corrected chi connectivity index (χ3v) is 6.64. The number of benzene rings is 2. The second-order valence-electron chi connectivity index (χ2n) is 9.79. The monoisotopic (exact) mass is 540 g/mol. The number of rotatable bonds is 5. The Morgan fingerprint density at radius 1 is 1.05 bits per heavy atom. The minimum atomic E-state index is -1.40. The van der Waals surface area contributed by atoms with Crippen molar-refractivity contribution in [3.63, 3.8) is 0 Å². The van der Waals surface area contributed by atoms with Gasteiger partial charge in [0, 0.05) is 41.0 Å². The van der Waals surface area contributed by atoms with Crippen molar-refractivity contribution in [2.75, 3.05) is 5.32 Å². The van der Waals surface area contributed by atoms with E-state index in [1.54, 1.807) is 30.7 Å². The number of nitrogens with zero attached hydrogens (tertiary/aromatic N) is 3. The van der Waals surface area contributed by atoms with Crippen LogP contribution in [0.5, 0.6) is 0 Å². The van der Waals surface area contributed by atoms with Crippen molar-refractivity contribution in [1.29, 1.82) is 0 Å². The number of hydrazine groups is 1. The summed E-state index contributed by atoms with van der Waals surface area (Å²) in [6.07, 6.45) is 0.502. The largest absolute Gasteiger partial charge is 0.464 e. The summed E-state index contributed by atoms with van der Waals surface area (Å²) in [5.41, 5.74) is 8.93. The van der Waals surface area contributed by atoms with Crippen molar-refractivity contribution >= 4 is 39.6 Å². The smallest absolute Gasteiger partial charge is 0.423 e. The standard InChI is InChI=1S/C29H28N6O5/c1-14-10-20(17(4)31-23-8-6-15(2)30-24(23)28(37)32-33-29(38)39)27-21(11-14)25(36)16(3)26(40-27)18-7-9-22-19(12-18)13-35(5)34-22/h6-13,17,31,33H,1-5H3,(H,32,37)(H,38,39). The molecule has 3 aromatic heterocycles. The molecule has 5 aromatic rings. The van der Waals surface area contributed by atoms with Crippen LogP contribution >= 0.6 is 0 Å². The van der Waals surface area contributed by atoms with Gasteiger partial charge in [-0.3, -0.25) is 19.7 Å². The highest BCUT2D eigenvalue weighted by molar-refractivity contribution is 5.98. The van der Waals surface area contributed by atoms with E-state index in [1.165, 1.54) is 0 Å². The van der Waals surface area contributed by atoms with Crippen LogP contribution in [0.4, 0.5) is 10.5 Å². The Morgan fingerprint density at radius 2 is 1.82 bits per heavy atom. The first-order valence-corrected chi connectivity index (χ1v) is 12.6. The van der Waals surface area contributed by atoms with E-state index in [1.807, 2.05) is 62.8 Å². The number of aromatic nitrogens is 3. The molecule has 0 saturated carbocycles. The van der Waals surface area contributed by atoms with Crippen molar-refractivity contribution in [2.45, 2.75) is 33.7 Å². The van der Waals surface area contributed by atoms with E-state index < -0.39 is 18.0 Å². The van der Waals surface area contributed by atoms with Crippen molar-refractivity contribution in [3.05, 3.63) is 87.0 Å². The van der Waals surface area contributed by atoms with Gasteiger partial charge in [0.25, 0.3) is 5.91 Å². The Balaban J connectivity index is 1.60. The lowest BCUT2D eigenvalue weighted by Crippen LogP contribution is -2.41. The van der Waals surface area contributed by atoms with Gasteiger partial charge in [-0.1, -0.05) is 6.07 Å². The molecular weight excluding hydrogens is 512 g/mol. The summed E-state index contributed by atoms with van der Waals surface area (Å²) < 4.78 is 8.22. The van der Waals surface area contributed by atoms with Gasteiger partial charge in [0.05, 0.1) is 22.6 Å². The maximum atomic E-state index is 13.6. The second-order valence-corrected chi connectivity index (χ2v) is 9.79. The molecule has 0 aliphatic carbocycles. The van der Waals surface area contributed by atoms with E-state index in [4.69, 9.17) is 9.52 Å². The predicted octanol–water partition coefficient (Wildman–Crippen LogP) is 4.75. The fourth-order valence-corrected chi connectivity index (χ4v) is 4.78. The quantitative estimate of drug-likeness (QED) is 0.233. The summed E-state index contributed by atoms with van der Waals surface area (Å²) in [4.78, 5) is 41.4. The van der Waals surface area contributed by atoms with E-state index in [0.29, 0.717) is 39.2 Å². The molecule has 0 saturated heterocycles. The lowest BCUT2D eigenvalue weighted by atomic mass is 9.98. The molecule has 2 aromatic carbocycles. The maximum absolute atomic E-state index is 13.6. The van der Waals surface area contributed by atoms with Crippen molar-refractivity contribution in [2.24, 2.45) is 7.05 Å². The van der Waals surface area contributed by atoms with E-state index in [-0.39, 0.29) is 11.1 Å². The molecule has 4 N–H and O–H groups in total. The number of nitrogens with one attached hydrogen (secondary N) is 3. The molecular formula is C29H28N6O5. The molecule has 0 aliphatic rings. The van der Waals surface area contributed by atoms with Gasteiger partial charge in [-0.05, 0) is 69.7 Å². The predicted molar refractivity (Wildman–Crippen MR) is 151 cm³/mol. The number of carboxylic acid groups (broad SMARTS) is 1. The molecule has 0 aliphatic heterocycles. The van der Waals surface area contributed by atoms with Crippen LogP contribution in [0, 0.1) is 20.8 Å². The van der Waals surface area contributed by atoms with E-state index in [9.17, 15) is 14.4 Å². The van der Waals surface area contributed by atoms with Crippen molar-refractivity contribution < 1.29 is 19.1 Å². The van der Waals surface area contributed by atoms with Gasteiger partial charge >= 0.3 is 6.09 Å². The summed E-state index contributed by atoms with van der Waals surface area (Å²) in [7, 11) is 1.85. The maximum Gasteiger partial charge on any atom is 0.423 e. The Hall–Kier alpha value is -5.19. The molecule has 204 valence electrons. The first kappa shape index (κ1) is 26.4. The molecule has 1 atom stereocenters. The van der Waals surface area contributed by atoms with Crippen LogP contribution in [-0.4, -0.2) is 31.9 Å². The zero-order valence-corrected chi connectivity index (χ0v) is 22.6. The highest BCUT2D eigenvalue weighted by Gasteiger charge is 2.21. The number of pyridine rings is 1. The molecule has 11 heteroatoms. The zero-order chi connectivity index (χ0) is 28.7. The lowest BCUT2D eigenvalue weighted by molar-refractivity contribution is 0.0922. The number of amides is 2. The summed E-state index contributed by atoms with van der Waals surface area (Å²) >= 11 is 0. The van der Waals surface area contributed by atoms with Crippen LogP contribution in [-0.2, 0) is 7.05 Å². The summed E-state index contributed by atoms with van der Waals surface area (Å²) in [6, 6.07) is 12.5. The van der Waals surface area contributed by atoms with Gasteiger partial charge in [0.2, 0.25) is 0 Å². The van der Waals surface area contributed by atoms with Gasteiger partial charge in [-0.15, -0.1) is 0 Å². The fourth-order valence-electron chi connectivity index (χ4n) is 4.78. The molecule has 0 bridgehead atoms. The van der Waals surface area contributed by atoms with Crippen molar-refractivity contribution in [3.8, 4) is 11.3 Å². The molecule has 1 unspecified atom stereocenters. The van der Waals surface area contributed by atoms with E-state index in [2.05, 4.69) is 20.8 Å². The zero-order valence-electron chi connectivity index (χ0n) is 22.6. The van der Waals surface area contributed by atoms with Crippen LogP contribution in [0.25, 0.3) is 33.2 Å².